The van der Waals surface area contributed by atoms with Gasteiger partial charge in [-0.1, -0.05) is 45.8 Å². The molecule has 2 fully saturated rings. The summed E-state index contributed by atoms with van der Waals surface area (Å²) in [6.45, 7) is 13.0. The predicted octanol–water partition coefficient (Wildman–Crippen LogP) is 4.81. The highest BCUT2D eigenvalue weighted by atomic mass is 32.1. The van der Waals surface area contributed by atoms with Crippen molar-refractivity contribution >= 4 is 33.4 Å². The summed E-state index contributed by atoms with van der Waals surface area (Å²) < 4.78 is 6.58. The summed E-state index contributed by atoms with van der Waals surface area (Å²) in [5.74, 6) is 0.799. The SMILES string of the molecule is C=C(CCN1CCOCC1)C(=O)NCC(NC(=O)CCc1nc2ccc(C(C)C)cc2s1)C1CCCCC1. The van der Waals surface area contributed by atoms with E-state index in [1.54, 1.807) is 11.3 Å². The molecule has 1 atom stereocenters. The second kappa shape index (κ2) is 14.2. The van der Waals surface area contributed by atoms with Gasteiger partial charge in [-0.2, -0.15) is 0 Å². The summed E-state index contributed by atoms with van der Waals surface area (Å²) in [5.41, 5.74) is 2.92. The number of morpholine rings is 1. The zero-order valence-electron chi connectivity index (χ0n) is 23.1. The van der Waals surface area contributed by atoms with Crippen LogP contribution in [-0.4, -0.2) is 67.1 Å². The van der Waals surface area contributed by atoms with Crippen LogP contribution >= 0.6 is 11.3 Å². The highest BCUT2D eigenvalue weighted by Gasteiger charge is 2.26. The van der Waals surface area contributed by atoms with Crippen molar-refractivity contribution in [3.05, 3.63) is 40.9 Å². The van der Waals surface area contributed by atoms with Gasteiger partial charge in [0.15, 0.2) is 0 Å². The molecule has 2 aliphatic rings. The number of thiazole rings is 1. The molecular weight excluding hydrogens is 496 g/mol. The molecular formula is C30H44N4O3S. The molecule has 0 bridgehead atoms. The van der Waals surface area contributed by atoms with Crippen LogP contribution in [0.4, 0.5) is 0 Å². The van der Waals surface area contributed by atoms with Gasteiger partial charge in [0, 0.05) is 50.6 Å². The molecule has 1 saturated carbocycles. The molecule has 1 aliphatic heterocycles. The number of carbonyl (C=O) groups excluding carboxylic acids is 2. The lowest BCUT2D eigenvalue weighted by atomic mass is 9.83. The Bertz CT molecular complexity index is 1090. The number of hydrogen-bond acceptors (Lipinski definition) is 6. The molecule has 7 nitrogen and oxygen atoms in total. The molecule has 0 spiro atoms. The normalized spacial score (nSPS) is 18.0. The molecule has 2 aromatic rings. The average Bonchev–Trinajstić information content (AvgIpc) is 3.36. The van der Waals surface area contributed by atoms with Gasteiger partial charge in [-0.05, 0) is 48.8 Å². The highest BCUT2D eigenvalue weighted by molar-refractivity contribution is 7.18. The van der Waals surface area contributed by atoms with Gasteiger partial charge in [0.05, 0.1) is 28.4 Å². The van der Waals surface area contributed by atoms with Crippen molar-refractivity contribution in [3.63, 3.8) is 0 Å². The summed E-state index contributed by atoms with van der Waals surface area (Å²) in [6.07, 6.45) is 7.47. The largest absolute Gasteiger partial charge is 0.379 e. The Hall–Kier alpha value is -2.29. The van der Waals surface area contributed by atoms with E-state index in [1.165, 1.54) is 29.5 Å². The number of ether oxygens (including phenoxy) is 1. The first-order valence-corrected chi connectivity index (χ1v) is 15.2. The minimum atomic E-state index is -0.108. The number of fused-ring (bicyclic) bond motifs is 1. The smallest absolute Gasteiger partial charge is 0.246 e. The molecule has 1 aliphatic carbocycles. The van der Waals surface area contributed by atoms with E-state index in [0.29, 0.717) is 43.2 Å². The topological polar surface area (TPSA) is 83.6 Å². The molecule has 1 aromatic heterocycles. The third-order valence-electron chi connectivity index (χ3n) is 7.89. The summed E-state index contributed by atoms with van der Waals surface area (Å²) in [5, 5.41) is 7.33. The van der Waals surface area contributed by atoms with Crippen LogP contribution in [0.3, 0.4) is 0 Å². The van der Waals surface area contributed by atoms with E-state index >= 15 is 0 Å². The van der Waals surface area contributed by atoms with Gasteiger partial charge in [-0.15, -0.1) is 11.3 Å². The Morgan fingerprint density at radius 3 is 2.66 bits per heavy atom. The van der Waals surface area contributed by atoms with Crippen molar-refractivity contribution in [3.8, 4) is 0 Å². The fourth-order valence-corrected chi connectivity index (χ4v) is 6.40. The molecule has 0 radical (unpaired) electrons. The molecule has 1 unspecified atom stereocenters. The Morgan fingerprint density at radius 2 is 1.92 bits per heavy atom. The summed E-state index contributed by atoms with van der Waals surface area (Å²) in [4.78, 5) is 32.8. The maximum absolute atomic E-state index is 13.0. The number of rotatable bonds is 12. The van der Waals surface area contributed by atoms with Gasteiger partial charge in [0.1, 0.15) is 0 Å². The van der Waals surface area contributed by atoms with Gasteiger partial charge in [-0.3, -0.25) is 14.5 Å². The second-order valence-corrected chi connectivity index (χ2v) is 12.2. The zero-order valence-corrected chi connectivity index (χ0v) is 23.9. The van der Waals surface area contributed by atoms with E-state index in [4.69, 9.17) is 9.72 Å². The van der Waals surface area contributed by atoms with Crippen LogP contribution in [0.1, 0.15) is 75.3 Å². The van der Waals surface area contributed by atoms with Crippen molar-refractivity contribution in [2.24, 2.45) is 5.92 Å². The van der Waals surface area contributed by atoms with Crippen molar-refractivity contribution in [2.75, 3.05) is 39.4 Å². The molecule has 2 heterocycles. The molecule has 38 heavy (non-hydrogen) atoms. The van der Waals surface area contributed by atoms with Gasteiger partial charge in [0.25, 0.3) is 0 Å². The maximum Gasteiger partial charge on any atom is 0.246 e. The number of carbonyl (C=O) groups is 2. The lowest BCUT2D eigenvalue weighted by molar-refractivity contribution is -0.123. The third-order valence-corrected chi connectivity index (χ3v) is 8.97. The number of aryl methyl sites for hydroxylation is 1. The van der Waals surface area contributed by atoms with E-state index < -0.39 is 0 Å². The van der Waals surface area contributed by atoms with Crippen LogP contribution in [0.15, 0.2) is 30.4 Å². The van der Waals surface area contributed by atoms with Crippen LogP contribution in [-0.2, 0) is 20.7 Å². The number of amides is 2. The summed E-state index contributed by atoms with van der Waals surface area (Å²) in [7, 11) is 0. The molecule has 208 valence electrons. The zero-order chi connectivity index (χ0) is 26.9. The fourth-order valence-electron chi connectivity index (χ4n) is 5.39. The number of benzene rings is 1. The number of nitrogens with one attached hydrogen (secondary N) is 2. The molecule has 1 aromatic carbocycles. The Labute approximate surface area is 231 Å². The quantitative estimate of drug-likeness (QED) is 0.378. The third kappa shape index (κ3) is 8.35. The van der Waals surface area contributed by atoms with Crippen molar-refractivity contribution in [1.82, 2.24) is 20.5 Å². The molecule has 4 rings (SSSR count). The van der Waals surface area contributed by atoms with Crippen molar-refractivity contribution in [1.29, 1.82) is 0 Å². The van der Waals surface area contributed by atoms with Crippen LogP contribution in [0.5, 0.6) is 0 Å². The van der Waals surface area contributed by atoms with Crippen molar-refractivity contribution < 1.29 is 14.3 Å². The van der Waals surface area contributed by atoms with Crippen molar-refractivity contribution in [2.45, 2.75) is 77.2 Å². The van der Waals surface area contributed by atoms with E-state index in [-0.39, 0.29) is 17.9 Å². The Kier molecular flexibility index (Phi) is 10.7. The van der Waals surface area contributed by atoms with Gasteiger partial charge in [-0.25, -0.2) is 4.98 Å². The minimum absolute atomic E-state index is 0.0306. The van der Waals surface area contributed by atoms with Crippen LogP contribution < -0.4 is 10.6 Å². The van der Waals surface area contributed by atoms with Crippen LogP contribution in [0, 0.1) is 5.92 Å². The van der Waals surface area contributed by atoms with E-state index in [1.807, 2.05) is 0 Å². The van der Waals surface area contributed by atoms with E-state index in [9.17, 15) is 9.59 Å². The lowest BCUT2D eigenvalue weighted by Gasteiger charge is -2.31. The maximum atomic E-state index is 13.0. The highest BCUT2D eigenvalue weighted by Crippen LogP contribution is 2.28. The van der Waals surface area contributed by atoms with E-state index in [2.05, 4.69) is 54.2 Å². The molecule has 1 saturated heterocycles. The first-order chi connectivity index (χ1) is 18.4. The predicted molar refractivity (Wildman–Crippen MR) is 155 cm³/mol. The molecule has 2 N–H and O–H groups in total. The number of aromatic nitrogens is 1. The van der Waals surface area contributed by atoms with Crippen LogP contribution in [0.25, 0.3) is 10.2 Å². The number of hydrogen-bond donors (Lipinski definition) is 2. The monoisotopic (exact) mass is 540 g/mol. The summed E-state index contributed by atoms with van der Waals surface area (Å²) in [6, 6.07) is 6.39. The Balaban J connectivity index is 1.27. The first kappa shape index (κ1) is 28.7. The average molecular weight is 541 g/mol. The van der Waals surface area contributed by atoms with E-state index in [0.717, 1.165) is 56.2 Å². The van der Waals surface area contributed by atoms with Gasteiger partial charge < -0.3 is 15.4 Å². The standard InChI is InChI=1S/C30H44N4O3S/c1-21(2)24-9-10-25-27(19-24)38-29(33-25)12-11-28(35)32-26(23-7-5-4-6-8-23)20-31-30(36)22(3)13-14-34-15-17-37-18-16-34/h9-10,19,21,23,26H,3-8,11-18,20H2,1-2H3,(H,31,36)(H,32,35). The summed E-state index contributed by atoms with van der Waals surface area (Å²) >= 11 is 1.68. The molecule has 2 amide bonds. The lowest BCUT2D eigenvalue weighted by Crippen LogP contribution is -2.48. The minimum Gasteiger partial charge on any atom is -0.379 e. The molecule has 8 heteroatoms. The van der Waals surface area contributed by atoms with Gasteiger partial charge in [0.2, 0.25) is 11.8 Å². The first-order valence-electron chi connectivity index (χ1n) is 14.3. The van der Waals surface area contributed by atoms with Crippen LogP contribution in [0.2, 0.25) is 0 Å². The second-order valence-electron chi connectivity index (χ2n) is 11.1. The fraction of sp³-hybridized carbons (Fsp3) is 0.633. The Morgan fingerprint density at radius 1 is 1.16 bits per heavy atom. The number of nitrogens with zero attached hydrogens (tertiary/aromatic N) is 2. The van der Waals surface area contributed by atoms with Gasteiger partial charge >= 0.3 is 0 Å².